The van der Waals surface area contributed by atoms with E-state index >= 15 is 0 Å². The van der Waals surface area contributed by atoms with Crippen molar-refractivity contribution < 1.29 is 13.9 Å². The van der Waals surface area contributed by atoms with Crippen molar-refractivity contribution in [3.63, 3.8) is 0 Å². The Bertz CT molecular complexity index is 835. The topological polar surface area (TPSA) is 80.2 Å². The molecule has 0 spiro atoms. The number of nitrogens with one attached hydrogen (secondary N) is 1. The van der Waals surface area contributed by atoms with Crippen LogP contribution in [0.5, 0.6) is 0 Å². The van der Waals surface area contributed by atoms with E-state index in [0.717, 1.165) is 42.2 Å². The number of rotatable bonds is 6. The van der Waals surface area contributed by atoms with E-state index in [0.29, 0.717) is 13.1 Å². The minimum Gasteiger partial charge on any atom is -0.467 e. The Labute approximate surface area is 153 Å². The average Bonchev–Trinajstić information content (AvgIpc) is 3.37. The SMILES string of the molecule is Cc1cc(/C=C(\C#N)C(=O)NC[C@H]2CCCO2)c(C)n1Cc1ccco1. The summed E-state index contributed by atoms with van der Waals surface area (Å²) in [4.78, 5) is 12.3. The summed E-state index contributed by atoms with van der Waals surface area (Å²) in [6.45, 7) is 5.77. The van der Waals surface area contributed by atoms with Crippen LogP contribution in [0.1, 0.15) is 35.6 Å². The highest BCUT2D eigenvalue weighted by Gasteiger charge is 2.18. The van der Waals surface area contributed by atoms with Crippen LogP contribution in [0.3, 0.4) is 0 Å². The number of hydrogen-bond donors (Lipinski definition) is 1. The summed E-state index contributed by atoms with van der Waals surface area (Å²) < 4.78 is 13.0. The number of amides is 1. The molecule has 2 aromatic heterocycles. The third kappa shape index (κ3) is 4.06. The standard InChI is InChI=1S/C20H23N3O3/c1-14-9-16(15(2)23(14)13-19-6-4-8-26-19)10-17(11-21)20(24)22-12-18-5-3-7-25-18/h4,6,8-10,18H,3,5,7,12-13H2,1-2H3,(H,22,24)/b17-10+/t18-/m1/s1. The fraction of sp³-hybridized carbons (Fsp3) is 0.400. The lowest BCUT2D eigenvalue weighted by Gasteiger charge is -2.10. The molecule has 3 heterocycles. The monoisotopic (exact) mass is 353 g/mol. The number of ether oxygens (including phenoxy) is 1. The quantitative estimate of drug-likeness (QED) is 0.639. The van der Waals surface area contributed by atoms with Crippen molar-refractivity contribution >= 4 is 12.0 Å². The summed E-state index contributed by atoms with van der Waals surface area (Å²) >= 11 is 0. The summed E-state index contributed by atoms with van der Waals surface area (Å²) in [6.07, 6.45) is 5.31. The molecule has 1 atom stereocenters. The van der Waals surface area contributed by atoms with Gasteiger partial charge in [-0.25, -0.2) is 0 Å². The van der Waals surface area contributed by atoms with E-state index in [4.69, 9.17) is 9.15 Å². The van der Waals surface area contributed by atoms with Gasteiger partial charge >= 0.3 is 0 Å². The van der Waals surface area contributed by atoms with Gasteiger partial charge in [0.2, 0.25) is 0 Å². The molecule has 1 aliphatic heterocycles. The van der Waals surface area contributed by atoms with E-state index in [-0.39, 0.29) is 17.6 Å². The summed E-state index contributed by atoms with van der Waals surface area (Å²) in [5.41, 5.74) is 2.99. The first-order valence-electron chi connectivity index (χ1n) is 8.79. The van der Waals surface area contributed by atoms with E-state index < -0.39 is 0 Å². The molecule has 26 heavy (non-hydrogen) atoms. The van der Waals surface area contributed by atoms with Crippen molar-refractivity contribution in [3.8, 4) is 6.07 Å². The van der Waals surface area contributed by atoms with Crippen LogP contribution < -0.4 is 5.32 Å². The van der Waals surface area contributed by atoms with Crippen LogP contribution in [0.25, 0.3) is 6.08 Å². The number of furan rings is 1. The molecule has 6 nitrogen and oxygen atoms in total. The second kappa shape index (κ2) is 8.07. The van der Waals surface area contributed by atoms with E-state index in [2.05, 4.69) is 9.88 Å². The number of hydrogen-bond acceptors (Lipinski definition) is 4. The first kappa shape index (κ1) is 18.0. The number of aryl methyl sites for hydroxylation is 1. The van der Waals surface area contributed by atoms with Crippen molar-refractivity contribution in [2.75, 3.05) is 13.2 Å². The van der Waals surface area contributed by atoms with Gasteiger partial charge in [0, 0.05) is 24.5 Å². The molecule has 0 aromatic carbocycles. The molecule has 1 saturated heterocycles. The summed E-state index contributed by atoms with van der Waals surface area (Å²) in [5, 5.41) is 12.2. The zero-order chi connectivity index (χ0) is 18.5. The maximum absolute atomic E-state index is 12.3. The highest BCUT2D eigenvalue weighted by atomic mass is 16.5. The molecular formula is C20H23N3O3. The molecule has 0 saturated carbocycles. The molecule has 0 aliphatic carbocycles. The minimum absolute atomic E-state index is 0.0530. The van der Waals surface area contributed by atoms with Crippen LogP contribution in [0, 0.1) is 25.2 Å². The summed E-state index contributed by atoms with van der Waals surface area (Å²) in [5.74, 6) is 0.496. The lowest BCUT2D eigenvalue weighted by Crippen LogP contribution is -2.32. The first-order valence-corrected chi connectivity index (χ1v) is 8.79. The highest BCUT2D eigenvalue weighted by molar-refractivity contribution is 6.01. The van der Waals surface area contributed by atoms with Crippen LogP contribution in [0.2, 0.25) is 0 Å². The van der Waals surface area contributed by atoms with Crippen molar-refractivity contribution in [1.29, 1.82) is 5.26 Å². The van der Waals surface area contributed by atoms with E-state index in [1.807, 2.05) is 38.1 Å². The third-order valence-electron chi connectivity index (χ3n) is 4.69. The maximum atomic E-state index is 12.3. The number of nitriles is 1. The van der Waals surface area contributed by atoms with Crippen LogP contribution in [-0.2, 0) is 16.1 Å². The molecule has 1 N–H and O–H groups in total. The largest absolute Gasteiger partial charge is 0.467 e. The smallest absolute Gasteiger partial charge is 0.262 e. The fourth-order valence-electron chi connectivity index (χ4n) is 3.19. The van der Waals surface area contributed by atoms with Gasteiger partial charge in [-0.1, -0.05) is 0 Å². The third-order valence-corrected chi connectivity index (χ3v) is 4.69. The van der Waals surface area contributed by atoms with Gasteiger partial charge in [-0.2, -0.15) is 5.26 Å². The van der Waals surface area contributed by atoms with Crippen LogP contribution >= 0.6 is 0 Å². The van der Waals surface area contributed by atoms with Gasteiger partial charge in [0.25, 0.3) is 5.91 Å². The first-order chi connectivity index (χ1) is 12.6. The Balaban J connectivity index is 1.74. The van der Waals surface area contributed by atoms with Crippen molar-refractivity contribution in [2.24, 2.45) is 0 Å². The van der Waals surface area contributed by atoms with Crippen molar-refractivity contribution in [2.45, 2.75) is 39.3 Å². The van der Waals surface area contributed by atoms with E-state index in [1.54, 1.807) is 12.3 Å². The van der Waals surface area contributed by atoms with Gasteiger partial charge in [-0.05, 0) is 56.5 Å². The Morgan fingerprint density at radius 1 is 1.50 bits per heavy atom. The minimum atomic E-state index is -0.362. The molecule has 1 fully saturated rings. The normalized spacial score (nSPS) is 17.3. The Morgan fingerprint density at radius 2 is 2.35 bits per heavy atom. The lowest BCUT2D eigenvalue weighted by atomic mass is 10.1. The molecule has 136 valence electrons. The van der Waals surface area contributed by atoms with Crippen molar-refractivity contribution in [3.05, 3.63) is 52.7 Å². The van der Waals surface area contributed by atoms with Crippen LogP contribution in [0.15, 0.2) is 34.5 Å². The molecule has 3 rings (SSSR count). The predicted molar refractivity (Wildman–Crippen MR) is 97.3 cm³/mol. The number of nitrogens with zero attached hydrogens (tertiary/aromatic N) is 2. The molecule has 6 heteroatoms. The average molecular weight is 353 g/mol. The van der Waals surface area contributed by atoms with Crippen LogP contribution in [0.4, 0.5) is 0 Å². The molecule has 2 aromatic rings. The molecule has 0 unspecified atom stereocenters. The number of carbonyl (C=O) groups is 1. The number of carbonyl (C=O) groups excluding carboxylic acids is 1. The molecule has 1 aliphatic rings. The molecule has 0 bridgehead atoms. The van der Waals surface area contributed by atoms with Gasteiger partial charge < -0.3 is 19.0 Å². The highest BCUT2D eigenvalue weighted by Crippen LogP contribution is 2.20. The Hall–Kier alpha value is -2.78. The summed E-state index contributed by atoms with van der Waals surface area (Å²) in [7, 11) is 0. The second-order valence-corrected chi connectivity index (χ2v) is 6.51. The van der Waals surface area contributed by atoms with Gasteiger partial charge in [-0.15, -0.1) is 0 Å². The zero-order valence-corrected chi connectivity index (χ0v) is 15.1. The van der Waals surface area contributed by atoms with Gasteiger partial charge in [0.15, 0.2) is 0 Å². The van der Waals surface area contributed by atoms with Gasteiger partial charge in [0.1, 0.15) is 17.4 Å². The van der Waals surface area contributed by atoms with Crippen LogP contribution in [-0.4, -0.2) is 29.7 Å². The van der Waals surface area contributed by atoms with E-state index in [9.17, 15) is 10.1 Å². The molecule has 1 amide bonds. The zero-order valence-electron chi connectivity index (χ0n) is 15.1. The van der Waals surface area contributed by atoms with E-state index in [1.165, 1.54) is 0 Å². The molecule has 0 radical (unpaired) electrons. The van der Waals surface area contributed by atoms with Crippen molar-refractivity contribution in [1.82, 2.24) is 9.88 Å². The van der Waals surface area contributed by atoms with Gasteiger partial charge in [-0.3, -0.25) is 4.79 Å². The lowest BCUT2D eigenvalue weighted by molar-refractivity contribution is -0.117. The van der Waals surface area contributed by atoms with Gasteiger partial charge in [0.05, 0.1) is 18.9 Å². The Morgan fingerprint density at radius 3 is 3.00 bits per heavy atom. The molecular weight excluding hydrogens is 330 g/mol. The summed E-state index contributed by atoms with van der Waals surface area (Å²) in [6, 6.07) is 7.76. The maximum Gasteiger partial charge on any atom is 0.262 e. The second-order valence-electron chi connectivity index (χ2n) is 6.51. The Kier molecular flexibility index (Phi) is 5.59. The fourth-order valence-corrected chi connectivity index (χ4v) is 3.19. The number of aromatic nitrogens is 1. The predicted octanol–water partition coefficient (Wildman–Crippen LogP) is 2.95.